The Balaban J connectivity index is 2.79. The Labute approximate surface area is 118 Å². The molecule has 2 N–H and O–H groups in total. The highest BCUT2D eigenvalue weighted by Crippen LogP contribution is 2.13. The molecular weight excluding hydrogens is 280 g/mol. The third-order valence-corrected chi connectivity index (χ3v) is 4.04. The summed E-state index contributed by atoms with van der Waals surface area (Å²) in [4.78, 5) is 10.7. The molecule has 0 radical (unpaired) electrons. The molecule has 0 bridgehead atoms. The topological polar surface area (TPSA) is 107 Å². The Bertz CT molecular complexity index is 627. The van der Waals surface area contributed by atoms with Gasteiger partial charge in [0.2, 0.25) is 10.0 Å². The van der Waals surface area contributed by atoms with Gasteiger partial charge in [0.1, 0.15) is 0 Å². The van der Waals surface area contributed by atoms with Crippen LogP contribution in [-0.2, 0) is 20.6 Å². The molecule has 0 aliphatic rings. The van der Waals surface area contributed by atoms with Crippen molar-refractivity contribution in [2.45, 2.75) is 31.6 Å². The largest absolute Gasteiger partial charge is 0.481 e. The zero-order valence-corrected chi connectivity index (χ0v) is 12.1. The first kappa shape index (κ1) is 16.1. The lowest BCUT2D eigenvalue weighted by Crippen LogP contribution is -2.45. The fraction of sp³-hybridized carbons (Fsp3) is 0.385. The standard InChI is InChI=1S/C13H16N2O4S/c1-13(2,7-12(16)17)15-20(18,19)9-11-5-3-10(8-14)4-6-11/h3-6,15H,7,9H2,1-2H3,(H,16,17). The smallest absolute Gasteiger partial charge is 0.305 e. The summed E-state index contributed by atoms with van der Waals surface area (Å²) in [5, 5.41) is 17.4. The average Bonchev–Trinajstić information content (AvgIpc) is 2.25. The Hall–Kier alpha value is -1.91. The van der Waals surface area contributed by atoms with E-state index in [9.17, 15) is 13.2 Å². The summed E-state index contributed by atoms with van der Waals surface area (Å²) < 4.78 is 26.3. The zero-order chi connectivity index (χ0) is 15.4. The minimum atomic E-state index is -3.65. The first-order chi connectivity index (χ1) is 9.13. The predicted octanol–water partition coefficient (Wildman–Crippen LogP) is 1.23. The molecule has 0 saturated heterocycles. The van der Waals surface area contributed by atoms with Gasteiger partial charge in [-0.1, -0.05) is 12.1 Å². The molecule has 0 spiro atoms. The number of hydrogen-bond donors (Lipinski definition) is 2. The Morgan fingerprint density at radius 2 is 1.90 bits per heavy atom. The lowest BCUT2D eigenvalue weighted by Gasteiger charge is -2.23. The molecule has 7 heteroatoms. The zero-order valence-electron chi connectivity index (χ0n) is 11.3. The van der Waals surface area contributed by atoms with Gasteiger partial charge in [-0.25, -0.2) is 13.1 Å². The van der Waals surface area contributed by atoms with E-state index in [1.165, 1.54) is 26.0 Å². The summed E-state index contributed by atoms with van der Waals surface area (Å²) >= 11 is 0. The van der Waals surface area contributed by atoms with Crippen molar-refractivity contribution in [1.29, 1.82) is 5.26 Å². The number of nitrogens with one attached hydrogen (secondary N) is 1. The van der Waals surface area contributed by atoms with Crippen LogP contribution in [0, 0.1) is 11.3 Å². The van der Waals surface area contributed by atoms with Crippen LogP contribution < -0.4 is 4.72 Å². The SMILES string of the molecule is CC(C)(CC(=O)O)NS(=O)(=O)Cc1ccc(C#N)cc1. The molecular formula is C13H16N2O4S. The number of carboxylic acids is 1. The van der Waals surface area contributed by atoms with Crippen LogP contribution >= 0.6 is 0 Å². The van der Waals surface area contributed by atoms with Crippen molar-refractivity contribution in [3.63, 3.8) is 0 Å². The van der Waals surface area contributed by atoms with E-state index in [1.807, 2.05) is 6.07 Å². The number of rotatable bonds is 6. The summed E-state index contributed by atoms with van der Waals surface area (Å²) in [6.45, 7) is 3.02. The summed E-state index contributed by atoms with van der Waals surface area (Å²) in [5.74, 6) is -1.34. The van der Waals surface area contributed by atoms with Crippen LogP contribution in [0.15, 0.2) is 24.3 Å². The number of benzene rings is 1. The number of aliphatic carboxylic acids is 1. The van der Waals surface area contributed by atoms with E-state index in [1.54, 1.807) is 12.1 Å². The van der Waals surface area contributed by atoms with Crippen LogP contribution in [0.4, 0.5) is 0 Å². The Kier molecular flexibility index (Phi) is 4.87. The number of sulfonamides is 1. The van der Waals surface area contributed by atoms with Gasteiger partial charge in [-0.15, -0.1) is 0 Å². The van der Waals surface area contributed by atoms with Gasteiger partial charge in [-0.2, -0.15) is 5.26 Å². The number of nitriles is 1. The molecule has 1 aromatic rings. The fourth-order valence-electron chi connectivity index (χ4n) is 1.77. The number of carboxylic acid groups (broad SMARTS) is 1. The summed E-state index contributed by atoms with van der Waals surface area (Å²) in [6.07, 6.45) is -0.306. The van der Waals surface area contributed by atoms with E-state index >= 15 is 0 Å². The number of carbonyl (C=O) groups is 1. The van der Waals surface area contributed by atoms with Gasteiger partial charge >= 0.3 is 5.97 Å². The maximum atomic E-state index is 12.0. The van der Waals surface area contributed by atoms with Gasteiger partial charge in [-0.05, 0) is 31.5 Å². The Morgan fingerprint density at radius 1 is 1.35 bits per heavy atom. The van der Waals surface area contributed by atoms with Crippen LogP contribution in [0.2, 0.25) is 0 Å². The van der Waals surface area contributed by atoms with Crippen molar-refractivity contribution in [1.82, 2.24) is 4.72 Å². The van der Waals surface area contributed by atoms with Crippen molar-refractivity contribution >= 4 is 16.0 Å². The molecule has 0 aromatic heterocycles. The molecule has 0 unspecified atom stereocenters. The monoisotopic (exact) mass is 296 g/mol. The average molecular weight is 296 g/mol. The molecule has 0 aliphatic heterocycles. The highest BCUT2D eigenvalue weighted by molar-refractivity contribution is 7.88. The van der Waals surface area contributed by atoms with Crippen molar-refractivity contribution < 1.29 is 18.3 Å². The molecule has 20 heavy (non-hydrogen) atoms. The van der Waals surface area contributed by atoms with Crippen LogP contribution in [0.25, 0.3) is 0 Å². The van der Waals surface area contributed by atoms with E-state index < -0.39 is 21.5 Å². The molecule has 0 heterocycles. The van der Waals surface area contributed by atoms with Gasteiger partial charge in [0, 0.05) is 5.54 Å². The molecule has 0 fully saturated rings. The predicted molar refractivity (Wildman–Crippen MR) is 73.2 cm³/mol. The molecule has 1 aromatic carbocycles. The molecule has 0 atom stereocenters. The first-order valence-corrected chi connectivity index (χ1v) is 7.51. The van der Waals surface area contributed by atoms with Crippen LogP contribution in [0.5, 0.6) is 0 Å². The fourth-order valence-corrected chi connectivity index (χ4v) is 3.38. The molecule has 108 valence electrons. The highest BCUT2D eigenvalue weighted by atomic mass is 32.2. The highest BCUT2D eigenvalue weighted by Gasteiger charge is 2.27. The lowest BCUT2D eigenvalue weighted by molar-refractivity contribution is -0.138. The number of nitrogens with zero attached hydrogens (tertiary/aromatic N) is 1. The lowest BCUT2D eigenvalue weighted by atomic mass is 10.0. The second kappa shape index (κ2) is 6.03. The van der Waals surface area contributed by atoms with Crippen LogP contribution in [-0.4, -0.2) is 25.0 Å². The maximum Gasteiger partial charge on any atom is 0.305 e. The van der Waals surface area contributed by atoms with Gasteiger partial charge < -0.3 is 5.11 Å². The number of hydrogen-bond acceptors (Lipinski definition) is 4. The summed E-state index contributed by atoms with van der Waals surface area (Å²) in [5.41, 5.74) is -0.0787. The minimum absolute atomic E-state index is 0.262. The summed E-state index contributed by atoms with van der Waals surface area (Å²) in [6, 6.07) is 8.13. The molecule has 0 aliphatic carbocycles. The van der Waals surface area contributed by atoms with Gasteiger partial charge in [-0.3, -0.25) is 4.79 Å². The van der Waals surface area contributed by atoms with Crippen molar-refractivity contribution in [2.24, 2.45) is 0 Å². The van der Waals surface area contributed by atoms with Crippen molar-refractivity contribution in [2.75, 3.05) is 0 Å². The van der Waals surface area contributed by atoms with E-state index in [0.717, 1.165) is 0 Å². The molecule has 6 nitrogen and oxygen atoms in total. The quantitative estimate of drug-likeness (QED) is 0.821. The normalized spacial score (nSPS) is 11.8. The molecule has 1 rings (SSSR count). The van der Waals surface area contributed by atoms with Gasteiger partial charge in [0.05, 0.1) is 23.8 Å². The van der Waals surface area contributed by atoms with Crippen LogP contribution in [0.1, 0.15) is 31.4 Å². The van der Waals surface area contributed by atoms with Crippen molar-refractivity contribution in [3.8, 4) is 6.07 Å². The van der Waals surface area contributed by atoms with Gasteiger partial charge in [0.15, 0.2) is 0 Å². The summed E-state index contributed by atoms with van der Waals surface area (Å²) in [7, 11) is -3.65. The maximum absolute atomic E-state index is 12.0. The second-order valence-electron chi connectivity index (χ2n) is 5.12. The molecule has 0 amide bonds. The Morgan fingerprint density at radius 3 is 2.35 bits per heavy atom. The van der Waals surface area contributed by atoms with E-state index in [4.69, 9.17) is 10.4 Å². The third kappa shape index (κ3) is 5.38. The molecule has 0 saturated carbocycles. The van der Waals surface area contributed by atoms with E-state index in [2.05, 4.69) is 4.72 Å². The van der Waals surface area contributed by atoms with E-state index in [0.29, 0.717) is 11.1 Å². The van der Waals surface area contributed by atoms with E-state index in [-0.39, 0.29) is 12.2 Å². The third-order valence-electron chi connectivity index (χ3n) is 2.46. The van der Waals surface area contributed by atoms with Crippen molar-refractivity contribution in [3.05, 3.63) is 35.4 Å². The van der Waals surface area contributed by atoms with Crippen LogP contribution in [0.3, 0.4) is 0 Å². The van der Waals surface area contributed by atoms with Gasteiger partial charge in [0.25, 0.3) is 0 Å². The second-order valence-corrected chi connectivity index (χ2v) is 6.85. The first-order valence-electron chi connectivity index (χ1n) is 5.86. The minimum Gasteiger partial charge on any atom is -0.481 e.